The number of nitrogens with zero attached hydrogens (tertiary/aromatic N) is 3. The first kappa shape index (κ1) is 12.4. The summed E-state index contributed by atoms with van der Waals surface area (Å²) in [5, 5.41) is 6.85. The van der Waals surface area contributed by atoms with Gasteiger partial charge in [-0.25, -0.2) is 4.98 Å². The smallest absolute Gasteiger partial charge is 0.254 e. The lowest BCUT2D eigenvalue weighted by Crippen LogP contribution is -2.26. The lowest BCUT2D eigenvalue weighted by molar-refractivity contribution is 0.0781. The Morgan fingerprint density at radius 1 is 1.50 bits per heavy atom. The number of nitrogens with one attached hydrogen (secondary N) is 1. The van der Waals surface area contributed by atoms with Crippen LogP contribution in [-0.4, -0.2) is 33.0 Å². The average Bonchev–Trinajstić information content (AvgIpc) is 2.79. The van der Waals surface area contributed by atoms with E-state index in [1.807, 2.05) is 0 Å². The molecular weight excluding hydrogens is 254 g/mol. The fraction of sp³-hybridized carbons (Fsp3) is 0.182. The molecule has 0 bridgehead atoms. The van der Waals surface area contributed by atoms with Crippen LogP contribution in [0.3, 0.4) is 0 Å². The number of anilines is 1. The van der Waals surface area contributed by atoms with Crippen LogP contribution in [0.5, 0.6) is 0 Å². The number of amides is 1. The molecule has 0 aliphatic rings. The fourth-order valence-corrected chi connectivity index (χ4v) is 1.80. The number of hydrogen-bond acceptors (Lipinski definition) is 4. The van der Waals surface area contributed by atoms with Crippen LogP contribution in [0.2, 0.25) is 5.02 Å². The van der Waals surface area contributed by atoms with E-state index in [2.05, 4.69) is 15.2 Å². The summed E-state index contributed by atoms with van der Waals surface area (Å²) >= 11 is 5.86. The minimum absolute atomic E-state index is 0.180. The van der Waals surface area contributed by atoms with Crippen LogP contribution in [0, 0.1) is 0 Å². The number of benzene rings is 1. The lowest BCUT2D eigenvalue weighted by Gasteiger charge is -2.16. The van der Waals surface area contributed by atoms with E-state index in [0.29, 0.717) is 28.6 Å². The molecule has 2 rings (SSSR count). The molecule has 3 N–H and O–H groups in total. The number of carbonyl (C=O) groups excluding carboxylic acids is 1. The van der Waals surface area contributed by atoms with Crippen molar-refractivity contribution < 1.29 is 4.79 Å². The van der Waals surface area contributed by atoms with Crippen molar-refractivity contribution in [1.29, 1.82) is 0 Å². The summed E-state index contributed by atoms with van der Waals surface area (Å²) in [5.41, 5.74) is 6.55. The Labute approximate surface area is 109 Å². The molecule has 1 aromatic heterocycles. The molecule has 94 valence electrons. The standard InChI is InChI=1S/C11H12ClN5O/c1-17(5-10-14-6-15-16-10)11(18)7-2-8(12)4-9(13)3-7/h2-4,6H,5,13H2,1H3,(H,14,15,16). The van der Waals surface area contributed by atoms with E-state index in [0.717, 1.165) is 0 Å². The van der Waals surface area contributed by atoms with Crippen LogP contribution >= 0.6 is 11.6 Å². The highest BCUT2D eigenvalue weighted by Gasteiger charge is 2.14. The number of carbonyl (C=O) groups is 1. The normalized spacial score (nSPS) is 10.3. The molecule has 0 spiro atoms. The van der Waals surface area contributed by atoms with Gasteiger partial charge in [0.1, 0.15) is 12.2 Å². The number of nitrogens with two attached hydrogens (primary N) is 1. The Balaban J connectivity index is 2.15. The molecule has 7 heteroatoms. The maximum absolute atomic E-state index is 12.1. The zero-order valence-electron chi connectivity index (χ0n) is 9.72. The lowest BCUT2D eigenvalue weighted by atomic mass is 10.2. The van der Waals surface area contributed by atoms with Gasteiger partial charge >= 0.3 is 0 Å². The largest absolute Gasteiger partial charge is 0.399 e. The zero-order chi connectivity index (χ0) is 13.1. The van der Waals surface area contributed by atoms with Gasteiger partial charge in [-0.15, -0.1) is 0 Å². The molecule has 0 unspecified atom stereocenters. The molecular formula is C11H12ClN5O. The molecule has 0 aliphatic carbocycles. The van der Waals surface area contributed by atoms with E-state index in [9.17, 15) is 4.79 Å². The molecule has 1 amide bonds. The predicted octanol–water partition coefficient (Wildman–Crippen LogP) is 1.31. The molecule has 6 nitrogen and oxygen atoms in total. The van der Waals surface area contributed by atoms with Crippen LogP contribution in [-0.2, 0) is 6.54 Å². The van der Waals surface area contributed by atoms with Crippen LogP contribution in [0.4, 0.5) is 5.69 Å². The number of hydrogen-bond donors (Lipinski definition) is 2. The van der Waals surface area contributed by atoms with Gasteiger partial charge in [-0.2, -0.15) is 5.10 Å². The number of aromatic amines is 1. The number of halogens is 1. The van der Waals surface area contributed by atoms with Gasteiger partial charge in [0.05, 0.1) is 6.54 Å². The van der Waals surface area contributed by atoms with E-state index in [4.69, 9.17) is 17.3 Å². The molecule has 0 atom stereocenters. The van der Waals surface area contributed by atoms with Crippen LogP contribution in [0.25, 0.3) is 0 Å². The molecule has 0 saturated heterocycles. The molecule has 0 saturated carbocycles. The third kappa shape index (κ3) is 2.78. The highest BCUT2D eigenvalue weighted by molar-refractivity contribution is 6.31. The zero-order valence-corrected chi connectivity index (χ0v) is 10.5. The summed E-state index contributed by atoms with van der Waals surface area (Å²) in [7, 11) is 1.67. The van der Waals surface area contributed by atoms with Gasteiger partial charge in [0, 0.05) is 23.3 Å². The van der Waals surface area contributed by atoms with Crippen LogP contribution in [0.15, 0.2) is 24.5 Å². The summed E-state index contributed by atoms with van der Waals surface area (Å²) in [5.74, 6) is 0.432. The molecule has 1 aromatic carbocycles. The van der Waals surface area contributed by atoms with E-state index >= 15 is 0 Å². The SMILES string of the molecule is CN(Cc1ncn[nH]1)C(=O)c1cc(N)cc(Cl)c1. The highest BCUT2D eigenvalue weighted by Crippen LogP contribution is 2.18. The molecule has 1 heterocycles. The third-order valence-electron chi connectivity index (χ3n) is 2.37. The topological polar surface area (TPSA) is 87.9 Å². The number of nitrogen functional groups attached to an aromatic ring is 1. The minimum Gasteiger partial charge on any atom is -0.399 e. The second kappa shape index (κ2) is 5.05. The van der Waals surface area contributed by atoms with E-state index < -0.39 is 0 Å². The Hall–Kier alpha value is -2.08. The summed E-state index contributed by atoms with van der Waals surface area (Å²) in [6.07, 6.45) is 1.39. The Bertz CT molecular complexity index is 534. The number of aromatic nitrogens is 3. The first-order valence-electron chi connectivity index (χ1n) is 5.22. The molecule has 2 aromatic rings. The van der Waals surface area contributed by atoms with Crippen molar-refractivity contribution in [3.8, 4) is 0 Å². The molecule has 18 heavy (non-hydrogen) atoms. The van der Waals surface area contributed by atoms with E-state index in [-0.39, 0.29) is 5.91 Å². The van der Waals surface area contributed by atoms with Crippen LogP contribution in [0.1, 0.15) is 16.2 Å². The van der Waals surface area contributed by atoms with Gasteiger partial charge in [-0.3, -0.25) is 9.89 Å². The Kier molecular flexibility index (Phi) is 3.47. The van der Waals surface area contributed by atoms with Gasteiger partial charge in [-0.05, 0) is 18.2 Å². The maximum Gasteiger partial charge on any atom is 0.254 e. The monoisotopic (exact) mass is 265 g/mol. The Morgan fingerprint density at radius 2 is 2.28 bits per heavy atom. The van der Waals surface area contributed by atoms with Gasteiger partial charge in [-0.1, -0.05) is 11.6 Å². The Morgan fingerprint density at radius 3 is 2.89 bits per heavy atom. The fourth-order valence-electron chi connectivity index (χ4n) is 1.56. The third-order valence-corrected chi connectivity index (χ3v) is 2.58. The van der Waals surface area contributed by atoms with E-state index in [1.54, 1.807) is 25.2 Å². The first-order chi connectivity index (χ1) is 8.56. The molecule has 0 radical (unpaired) electrons. The summed E-state index contributed by atoms with van der Waals surface area (Å²) in [6.45, 7) is 0.339. The van der Waals surface area contributed by atoms with E-state index in [1.165, 1.54) is 11.2 Å². The van der Waals surface area contributed by atoms with Crippen molar-refractivity contribution >= 4 is 23.2 Å². The second-order valence-corrected chi connectivity index (χ2v) is 4.30. The average molecular weight is 266 g/mol. The van der Waals surface area contributed by atoms with Crippen molar-refractivity contribution in [1.82, 2.24) is 20.1 Å². The highest BCUT2D eigenvalue weighted by atomic mass is 35.5. The second-order valence-electron chi connectivity index (χ2n) is 3.87. The van der Waals surface area contributed by atoms with Crippen molar-refractivity contribution in [2.45, 2.75) is 6.54 Å². The number of rotatable bonds is 3. The quantitative estimate of drug-likeness (QED) is 0.819. The van der Waals surface area contributed by atoms with Crippen molar-refractivity contribution in [2.75, 3.05) is 12.8 Å². The molecule has 0 fully saturated rings. The maximum atomic E-state index is 12.1. The summed E-state index contributed by atoms with van der Waals surface area (Å²) in [6, 6.07) is 4.76. The summed E-state index contributed by atoms with van der Waals surface area (Å²) in [4.78, 5) is 17.6. The van der Waals surface area contributed by atoms with Gasteiger partial charge < -0.3 is 10.6 Å². The van der Waals surface area contributed by atoms with Crippen molar-refractivity contribution in [2.24, 2.45) is 0 Å². The molecule has 0 aliphatic heterocycles. The van der Waals surface area contributed by atoms with Gasteiger partial charge in [0.2, 0.25) is 0 Å². The minimum atomic E-state index is -0.180. The summed E-state index contributed by atoms with van der Waals surface area (Å²) < 4.78 is 0. The van der Waals surface area contributed by atoms with Gasteiger partial charge in [0.15, 0.2) is 0 Å². The van der Waals surface area contributed by atoms with Crippen molar-refractivity contribution in [3.63, 3.8) is 0 Å². The van der Waals surface area contributed by atoms with Crippen LogP contribution < -0.4 is 5.73 Å². The number of H-pyrrole nitrogens is 1. The first-order valence-corrected chi connectivity index (χ1v) is 5.60. The predicted molar refractivity (Wildman–Crippen MR) is 68.0 cm³/mol. The van der Waals surface area contributed by atoms with Gasteiger partial charge in [0.25, 0.3) is 5.91 Å². The van der Waals surface area contributed by atoms with Crippen molar-refractivity contribution in [3.05, 3.63) is 40.9 Å².